The first kappa shape index (κ1) is 18.0. The van der Waals surface area contributed by atoms with Gasteiger partial charge in [0.15, 0.2) is 5.96 Å². The van der Waals surface area contributed by atoms with Crippen LogP contribution in [0.25, 0.3) is 0 Å². The number of guanidine groups is 1. The molecule has 0 aromatic heterocycles. The van der Waals surface area contributed by atoms with Gasteiger partial charge >= 0.3 is 0 Å². The monoisotopic (exact) mass is 348 g/mol. The molecule has 1 saturated carbocycles. The van der Waals surface area contributed by atoms with Gasteiger partial charge in [-0.3, -0.25) is 4.99 Å². The number of nitrogens with two attached hydrogens (primary N) is 1. The van der Waals surface area contributed by atoms with Gasteiger partial charge in [0.25, 0.3) is 0 Å². The second kappa shape index (κ2) is 9.04. The van der Waals surface area contributed by atoms with Gasteiger partial charge in [0.05, 0.1) is 6.10 Å². The number of anilines is 1. The van der Waals surface area contributed by atoms with Crippen LogP contribution >= 0.6 is 0 Å². The molecular formula is C19H29FN4O. The van der Waals surface area contributed by atoms with Crippen molar-refractivity contribution in [2.45, 2.75) is 38.2 Å². The van der Waals surface area contributed by atoms with Gasteiger partial charge in [-0.05, 0) is 43.5 Å². The van der Waals surface area contributed by atoms with Crippen LogP contribution in [-0.2, 0) is 4.74 Å². The van der Waals surface area contributed by atoms with Gasteiger partial charge in [-0.25, -0.2) is 4.39 Å². The molecule has 1 heterocycles. The lowest BCUT2D eigenvalue weighted by molar-refractivity contribution is 0.0579. The Kier molecular flexibility index (Phi) is 6.50. The summed E-state index contributed by atoms with van der Waals surface area (Å²) in [6.07, 6.45) is 6.43. The van der Waals surface area contributed by atoms with Crippen molar-refractivity contribution in [2.75, 3.05) is 44.2 Å². The molecule has 6 heteroatoms. The number of piperazine rings is 1. The molecule has 2 aliphatic rings. The highest BCUT2D eigenvalue weighted by molar-refractivity contribution is 5.78. The van der Waals surface area contributed by atoms with E-state index < -0.39 is 0 Å². The first-order valence-electron chi connectivity index (χ1n) is 9.39. The maximum atomic E-state index is 13.0. The minimum Gasteiger partial charge on any atom is -0.378 e. The zero-order valence-corrected chi connectivity index (χ0v) is 14.9. The number of hydrogen-bond donors (Lipinski definition) is 1. The lowest BCUT2D eigenvalue weighted by atomic mass is 10.2. The molecule has 0 spiro atoms. The molecule has 0 radical (unpaired) electrons. The molecule has 1 aromatic rings. The van der Waals surface area contributed by atoms with Gasteiger partial charge in [-0.15, -0.1) is 0 Å². The number of halogens is 1. The molecule has 1 aliphatic heterocycles. The molecule has 138 valence electrons. The summed E-state index contributed by atoms with van der Waals surface area (Å²) in [5.74, 6) is 0.426. The second-order valence-electron chi connectivity index (χ2n) is 6.82. The number of ether oxygens (including phenoxy) is 1. The number of benzene rings is 1. The Morgan fingerprint density at radius 2 is 1.80 bits per heavy atom. The van der Waals surface area contributed by atoms with Crippen molar-refractivity contribution >= 4 is 11.6 Å². The molecule has 0 bridgehead atoms. The van der Waals surface area contributed by atoms with Crippen LogP contribution in [0, 0.1) is 5.82 Å². The molecule has 5 nitrogen and oxygen atoms in total. The SMILES string of the molecule is NC(=NCCCOC1CCCC1)N1CCN(c2ccc(F)cc2)CC1. The summed E-state index contributed by atoms with van der Waals surface area (Å²) in [5, 5.41) is 0. The van der Waals surface area contributed by atoms with Crippen molar-refractivity contribution in [2.24, 2.45) is 10.7 Å². The quantitative estimate of drug-likeness (QED) is 0.488. The van der Waals surface area contributed by atoms with Crippen LogP contribution in [0.15, 0.2) is 29.3 Å². The van der Waals surface area contributed by atoms with Crippen LogP contribution in [0.1, 0.15) is 32.1 Å². The fourth-order valence-electron chi connectivity index (χ4n) is 3.51. The summed E-state index contributed by atoms with van der Waals surface area (Å²) in [6, 6.07) is 6.66. The van der Waals surface area contributed by atoms with Crippen LogP contribution in [0.3, 0.4) is 0 Å². The van der Waals surface area contributed by atoms with E-state index in [0.717, 1.165) is 51.4 Å². The van der Waals surface area contributed by atoms with Gasteiger partial charge in [-0.1, -0.05) is 12.8 Å². The number of hydrogen-bond acceptors (Lipinski definition) is 3. The van der Waals surface area contributed by atoms with E-state index in [1.54, 1.807) is 0 Å². The second-order valence-corrected chi connectivity index (χ2v) is 6.82. The van der Waals surface area contributed by atoms with Gasteiger partial charge in [0, 0.05) is 45.0 Å². The number of aliphatic imine (C=N–C) groups is 1. The Hall–Kier alpha value is -1.82. The van der Waals surface area contributed by atoms with Crippen molar-refractivity contribution in [3.8, 4) is 0 Å². The van der Waals surface area contributed by atoms with Crippen LogP contribution in [-0.4, -0.2) is 56.3 Å². The summed E-state index contributed by atoms with van der Waals surface area (Å²) in [7, 11) is 0. The smallest absolute Gasteiger partial charge is 0.191 e. The van der Waals surface area contributed by atoms with E-state index >= 15 is 0 Å². The van der Waals surface area contributed by atoms with E-state index in [1.165, 1.54) is 37.8 Å². The lowest BCUT2D eigenvalue weighted by Crippen LogP contribution is -2.51. The number of nitrogens with zero attached hydrogens (tertiary/aromatic N) is 3. The molecule has 1 saturated heterocycles. The van der Waals surface area contributed by atoms with Crippen molar-refractivity contribution in [3.63, 3.8) is 0 Å². The summed E-state index contributed by atoms with van der Waals surface area (Å²) >= 11 is 0. The van der Waals surface area contributed by atoms with Crippen LogP contribution in [0.5, 0.6) is 0 Å². The molecule has 1 aliphatic carbocycles. The predicted molar refractivity (Wildman–Crippen MR) is 99.5 cm³/mol. The van der Waals surface area contributed by atoms with E-state index in [1.807, 2.05) is 12.1 Å². The minimum absolute atomic E-state index is 0.198. The summed E-state index contributed by atoms with van der Waals surface area (Å²) < 4.78 is 18.9. The third-order valence-electron chi connectivity index (χ3n) is 5.03. The van der Waals surface area contributed by atoms with Crippen LogP contribution in [0.4, 0.5) is 10.1 Å². The van der Waals surface area contributed by atoms with Gasteiger partial charge in [0.2, 0.25) is 0 Å². The maximum Gasteiger partial charge on any atom is 0.191 e. The fourth-order valence-corrected chi connectivity index (χ4v) is 3.51. The van der Waals surface area contributed by atoms with E-state index in [0.29, 0.717) is 12.1 Å². The molecule has 0 atom stereocenters. The number of rotatable bonds is 6. The Bertz CT molecular complexity index is 549. The Balaban J connectivity index is 1.35. The Morgan fingerprint density at radius 1 is 1.12 bits per heavy atom. The summed E-state index contributed by atoms with van der Waals surface area (Å²) in [6.45, 7) is 4.91. The lowest BCUT2D eigenvalue weighted by Gasteiger charge is -2.36. The highest BCUT2D eigenvalue weighted by Gasteiger charge is 2.18. The largest absolute Gasteiger partial charge is 0.378 e. The van der Waals surface area contributed by atoms with E-state index in [-0.39, 0.29) is 5.82 Å². The average molecular weight is 348 g/mol. The highest BCUT2D eigenvalue weighted by Crippen LogP contribution is 2.21. The topological polar surface area (TPSA) is 54.1 Å². The third kappa shape index (κ3) is 5.33. The van der Waals surface area contributed by atoms with Gasteiger partial charge < -0.3 is 20.3 Å². The predicted octanol–water partition coefficient (Wildman–Crippen LogP) is 2.61. The summed E-state index contributed by atoms with van der Waals surface area (Å²) in [5.41, 5.74) is 7.18. The van der Waals surface area contributed by atoms with Gasteiger partial charge in [0.1, 0.15) is 5.82 Å². The first-order valence-corrected chi connectivity index (χ1v) is 9.39. The Labute approximate surface area is 149 Å². The van der Waals surface area contributed by atoms with Crippen LogP contribution < -0.4 is 10.6 Å². The molecular weight excluding hydrogens is 319 g/mol. The van der Waals surface area contributed by atoms with Crippen LogP contribution in [0.2, 0.25) is 0 Å². The van der Waals surface area contributed by atoms with E-state index in [4.69, 9.17) is 10.5 Å². The highest BCUT2D eigenvalue weighted by atomic mass is 19.1. The van der Waals surface area contributed by atoms with E-state index in [9.17, 15) is 4.39 Å². The molecule has 2 N–H and O–H groups in total. The zero-order chi connectivity index (χ0) is 17.5. The molecule has 0 amide bonds. The fraction of sp³-hybridized carbons (Fsp3) is 0.632. The summed E-state index contributed by atoms with van der Waals surface area (Å²) in [4.78, 5) is 8.87. The average Bonchev–Trinajstić information content (AvgIpc) is 3.15. The molecule has 3 rings (SSSR count). The van der Waals surface area contributed by atoms with Crippen molar-refractivity contribution in [3.05, 3.63) is 30.1 Å². The normalized spacial score (nSPS) is 19.6. The molecule has 1 aromatic carbocycles. The Morgan fingerprint density at radius 3 is 2.48 bits per heavy atom. The zero-order valence-electron chi connectivity index (χ0n) is 14.9. The molecule has 25 heavy (non-hydrogen) atoms. The maximum absolute atomic E-state index is 13.0. The first-order chi connectivity index (χ1) is 12.2. The van der Waals surface area contributed by atoms with Crippen molar-refractivity contribution < 1.29 is 9.13 Å². The van der Waals surface area contributed by atoms with E-state index in [2.05, 4.69) is 14.8 Å². The minimum atomic E-state index is -0.198. The standard InChI is InChI=1S/C19H29FN4O/c20-16-6-8-17(9-7-16)23-11-13-24(14-12-23)19(21)22-10-3-15-25-18-4-1-2-5-18/h6-9,18H,1-5,10-15H2,(H2,21,22). The van der Waals surface area contributed by atoms with Crippen molar-refractivity contribution in [1.29, 1.82) is 0 Å². The third-order valence-corrected chi connectivity index (χ3v) is 5.03. The van der Waals surface area contributed by atoms with Gasteiger partial charge in [-0.2, -0.15) is 0 Å². The van der Waals surface area contributed by atoms with Crippen molar-refractivity contribution in [1.82, 2.24) is 4.90 Å². The molecule has 2 fully saturated rings. The molecule has 0 unspecified atom stereocenters.